The van der Waals surface area contributed by atoms with E-state index in [1.54, 1.807) is 20.9 Å². The maximum absolute atomic E-state index is 13.3. The predicted molar refractivity (Wildman–Crippen MR) is 152 cm³/mol. The fraction of sp³-hybridized carbons (Fsp3) is 0.161. The van der Waals surface area contributed by atoms with Crippen molar-refractivity contribution in [2.24, 2.45) is 4.99 Å². The number of pyridine rings is 1. The van der Waals surface area contributed by atoms with Crippen LogP contribution < -0.4 is 10.2 Å². The highest BCUT2D eigenvalue weighted by Crippen LogP contribution is 2.38. The van der Waals surface area contributed by atoms with Gasteiger partial charge in [-0.15, -0.1) is 0 Å². The number of esters is 1. The third kappa shape index (κ3) is 5.47. The van der Waals surface area contributed by atoms with Crippen molar-refractivity contribution in [3.8, 4) is 11.1 Å². The van der Waals surface area contributed by atoms with E-state index in [2.05, 4.69) is 10.3 Å². The molecule has 1 amide bonds. The Bertz CT molecular complexity index is 1450. The van der Waals surface area contributed by atoms with Crippen LogP contribution in [0.4, 0.5) is 17.2 Å². The summed E-state index contributed by atoms with van der Waals surface area (Å²) in [7, 11) is 1.66. The summed E-state index contributed by atoms with van der Waals surface area (Å²) in [5.74, 6) is 0.298. The Kier molecular flexibility index (Phi) is 8.28. The Morgan fingerprint density at radius 3 is 2.16 bits per heavy atom. The Hall–Kier alpha value is -4.78. The summed E-state index contributed by atoms with van der Waals surface area (Å²) >= 11 is 0. The average Bonchev–Trinajstić information content (AvgIpc) is 2.94. The topological polar surface area (TPSA) is 83.9 Å². The minimum absolute atomic E-state index is 0.213. The van der Waals surface area contributed by atoms with E-state index in [4.69, 9.17) is 9.72 Å². The standard InChI is InChI=1S/C31H30N4O3/c1-5-38-31(37)26-22(3)33-30(35(20-36)25-14-10-7-11-15-25)28(27(26)23-12-8-6-9-13-23)29(32-4)34-24-18-16-21(2)17-19-24/h6-20H,5H2,1-4H3,(H,32,34). The van der Waals surface area contributed by atoms with Gasteiger partial charge in [0.05, 0.1) is 29.1 Å². The monoisotopic (exact) mass is 506 g/mol. The third-order valence-corrected chi connectivity index (χ3v) is 6.04. The van der Waals surface area contributed by atoms with E-state index in [9.17, 15) is 9.59 Å². The summed E-state index contributed by atoms with van der Waals surface area (Å²) < 4.78 is 5.46. The van der Waals surface area contributed by atoms with Crippen molar-refractivity contribution in [2.75, 3.05) is 23.9 Å². The molecule has 0 spiro atoms. The quantitative estimate of drug-likeness (QED) is 0.131. The van der Waals surface area contributed by atoms with Crippen LogP contribution in [0.1, 0.15) is 34.1 Å². The molecular weight excluding hydrogens is 476 g/mol. The van der Waals surface area contributed by atoms with Gasteiger partial charge in [-0.25, -0.2) is 9.78 Å². The molecule has 0 aliphatic rings. The van der Waals surface area contributed by atoms with Gasteiger partial charge in [-0.05, 0) is 50.6 Å². The molecule has 1 aromatic heterocycles. The van der Waals surface area contributed by atoms with Crippen molar-refractivity contribution in [3.63, 3.8) is 0 Å². The van der Waals surface area contributed by atoms with Crippen molar-refractivity contribution in [1.82, 2.24) is 4.98 Å². The van der Waals surface area contributed by atoms with Gasteiger partial charge in [0.25, 0.3) is 0 Å². The molecule has 0 atom stereocenters. The van der Waals surface area contributed by atoms with Crippen LogP contribution in [0.25, 0.3) is 11.1 Å². The molecule has 3 aromatic carbocycles. The van der Waals surface area contributed by atoms with Gasteiger partial charge in [-0.1, -0.05) is 66.2 Å². The molecule has 0 bridgehead atoms. The van der Waals surface area contributed by atoms with Crippen molar-refractivity contribution < 1.29 is 14.3 Å². The SMILES string of the molecule is CCOC(=O)c1c(C)nc(N(C=O)c2ccccc2)c(C(=NC)Nc2ccc(C)cc2)c1-c1ccccc1. The first-order valence-electron chi connectivity index (χ1n) is 12.4. The van der Waals surface area contributed by atoms with E-state index in [-0.39, 0.29) is 6.61 Å². The Balaban J connectivity index is 2.08. The summed E-state index contributed by atoms with van der Waals surface area (Å²) in [4.78, 5) is 36.8. The van der Waals surface area contributed by atoms with Crippen molar-refractivity contribution in [3.05, 3.63) is 107 Å². The number of aromatic nitrogens is 1. The maximum atomic E-state index is 13.3. The highest BCUT2D eigenvalue weighted by molar-refractivity contribution is 6.19. The zero-order valence-electron chi connectivity index (χ0n) is 21.9. The summed E-state index contributed by atoms with van der Waals surface area (Å²) in [5, 5.41) is 3.39. The molecule has 0 unspecified atom stereocenters. The van der Waals surface area contributed by atoms with Gasteiger partial charge in [-0.2, -0.15) is 0 Å². The predicted octanol–water partition coefficient (Wildman–Crippen LogP) is 6.33. The number of amidine groups is 1. The van der Waals surface area contributed by atoms with Crippen molar-refractivity contribution in [2.45, 2.75) is 20.8 Å². The number of hydrogen-bond donors (Lipinski definition) is 1. The number of amides is 1. The van der Waals surface area contributed by atoms with Gasteiger partial charge in [0.1, 0.15) is 5.84 Å². The summed E-state index contributed by atoms with van der Waals surface area (Å²) in [6.07, 6.45) is 0.721. The molecular formula is C31H30N4O3. The van der Waals surface area contributed by atoms with E-state index in [0.717, 1.165) is 23.2 Å². The van der Waals surface area contributed by atoms with Gasteiger partial charge in [0.2, 0.25) is 6.41 Å². The lowest BCUT2D eigenvalue weighted by Crippen LogP contribution is -2.26. The van der Waals surface area contributed by atoms with E-state index in [0.29, 0.717) is 39.7 Å². The van der Waals surface area contributed by atoms with Crippen LogP contribution >= 0.6 is 0 Å². The van der Waals surface area contributed by atoms with Crippen LogP contribution in [0.2, 0.25) is 0 Å². The van der Waals surface area contributed by atoms with Crippen LogP contribution in [0.5, 0.6) is 0 Å². The second-order valence-corrected chi connectivity index (χ2v) is 8.61. The molecule has 7 heteroatoms. The normalized spacial score (nSPS) is 11.1. The number of rotatable bonds is 8. The largest absolute Gasteiger partial charge is 0.462 e. The van der Waals surface area contributed by atoms with E-state index < -0.39 is 5.97 Å². The second-order valence-electron chi connectivity index (χ2n) is 8.61. The fourth-order valence-corrected chi connectivity index (χ4v) is 4.26. The molecule has 1 N–H and O–H groups in total. The molecule has 0 fully saturated rings. The van der Waals surface area contributed by atoms with E-state index >= 15 is 0 Å². The van der Waals surface area contributed by atoms with Gasteiger partial charge in [0.15, 0.2) is 5.82 Å². The third-order valence-electron chi connectivity index (χ3n) is 6.04. The number of nitrogens with zero attached hydrogens (tertiary/aromatic N) is 3. The van der Waals surface area contributed by atoms with Crippen LogP contribution in [0.3, 0.4) is 0 Å². The van der Waals surface area contributed by atoms with Gasteiger partial charge in [0, 0.05) is 18.3 Å². The smallest absolute Gasteiger partial charge is 0.340 e. The summed E-state index contributed by atoms with van der Waals surface area (Å²) in [6, 6.07) is 26.6. The zero-order chi connectivity index (χ0) is 27.1. The van der Waals surface area contributed by atoms with Crippen molar-refractivity contribution >= 4 is 35.4 Å². The minimum atomic E-state index is -0.493. The number of nitrogens with one attached hydrogen (secondary N) is 1. The average molecular weight is 507 g/mol. The number of aliphatic imine (C=N–C) groups is 1. The lowest BCUT2D eigenvalue weighted by molar-refractivity contribution is -0.106. The van der Waals surface area contributed by atoms with Crippen LogP contribution in [-0.2, 0) is 9.53 Å². The fourth-order valence-electron chi connectivity index (χ4n) is 4.26. The maximum Gasteiger partial charge on any atom is 0.340 e. The van der Waals surface area contributed by atoms with Gasteiger partial charge >= 0.3 is 5.97 Å². The van der Waals surface area contributed by atoms with Crippen LogP contribution in [0.15, 0.2) is 89.9 Å². The molecule has 38 heavy (non-hydrogen) atoms. The minimum Gasteiger partial charge on any atom is -0.462 e. The lowest BCUT2D eigenvalue weighted by atomic mass is 9.92. The van der Waals surface area contributed by atoms with Crippen LogP contribution in [-0.4, -0.2) is 36.9 Å². The number of benzene rings is 3. The molecule has 0 aliphatic carbocycles. The number of carbonyl (C=O) groups is 2. The Morgan fingerprint density at radius 1 is 0.947 bits per heavy atom. The van der Waals surface area contributed by atoms with Crippen molar-refractivity contribution in [1.29, 1.82) is 0 Å². The molecule has 0 radical (unpaired) electrons. The molecule has 1 heterocycles. The first-order valence-corrected chi connectivity index (χ1v) is 12.4. The summed E-state index contributed by atoms with van der Waals surface area (Å²) in [6.45, 7) is 5.74. The highest BCUT2D eigenvalue weighted by atomic mass is 16.5. The number of hydrogen-bond acceptors (Lipinski definition) is 5. The number of para-hydroxylation sites is 1. The lowest BCUT2D eigenvalue weighted by Gasteiger charge is -2.26. The Labute approximate surface area is 222 Å². The molecule has 192 valence electrons. The first-order chi connectivity index (χ1) is 18.5. The first kappa shape index (κ1) is 26.3. The Morgan fingerprint density at radius 2 is 1.58 bits per heavy atom. The number of ether oxygens (including phenoxy) is 1. The highest BCUT2D eigenvalue weighted by Gasteiger charge is 2.30. The van der Waals surface area contributed by atoms with Gasteiger partial charge in [-0.3, -0.25) is 14.7 Å². The zero-order valence-corrected chi connectivity index (χ0v) is 21.9. The van der Waals surface area contributed by atoms with E-state index in [1.165, 1.54) is 4.90 Å². The molecule has 7 nitrogen and oxygen atoms in total. The summed E-state index contributed by atoms with van der Waals surface area (Å²) in [5.41, 5.74) is 5.16. The molecule has 0 saturated carbocycles. The second kappa shape index (κ2) is 12.0. The van der Waals surface area contributed by atoms with Crippen LogP contribution in [0, 0.1) is 13.8 Å². The van der Waals surface area contributed by atoms with E-state index in [1.807, 2.05) is 91.9 Å². The number of aryl methyl sites for hydroxylation is 2. The molecule has 0 saturated heterocycles. The number of carbonyl (C=O) groups excluding carboxylic acids is 2. The molecule has 4 rings (SSSR count). The number of anilines is 3. The molecule has 0 aliphatic heterocycles. The molecule has 4 aromatic rings. The van der Waals surface area contributed by atoms with Gasteiger partial charge < -0.3 is 10.1 Å².